The number of aryl methyl sites for hydroxylation is 1. The molecule has 0 unspecified atom stereocenters. The van der Waals surface area contributed by atoms with Crippen LogP contribution in [0.25, 0.3) is 106 Å². The van der Waals surface area contributed by atoms with Crippen LogP contribution >= 0.6 is 0 Å². The molecule has 0 bridgehead atoms. The number of benzene rings is 10. The zero-order valence-electron chi connectivity index (χ0n) is 66.3. The Morgan fingerprint density at radius 2 is 1.08 bits per heavy atom. The van der Waals surface area contributed by atoms with E-state index in [9.17, 15) is 5.48 Å². The molecule has 422 valence electrons. The van der Waals surface area contributed by atoms with Crippen molar-refractivity contribution in [3.05, 3.63) is 271 Å². The Kier molecular flexibility index (Phi) is 10.2. The van der Waals surface area contributed by atoms with Crippen molar-refractivity contribution in [2.75, 3.05) is 0 Å². The summed E-state index contributed by atoms with van der Waals surface area (Å²) < 4.78 is 172. The van der Waals surface area contributed by atoms with Crippen molar-refractivity contribution in [1.82, 2.24) is 14.1 Å². The first-order valence-corrected chi connectivity index (χ1v) is 27.7. The summed E-state index contributed by atoms with van der Waals surface area (Å²) in [5.41, 5.74) is 6.51. The molecule has 0 aliphatic rings. The molecule has 0 saturated carbocycles. The van der Waals surface area contributed by atoms with E-state index in [1.807, 2.05) is 66.7 Å². The minimum atomic E-state index is -2.85. The van der Waals surface area contributed by atoms with E-state index in [4.69, 9.17) is 28.9 Å². The van der Waals surface area contributed by atoms with Crippen LogP contribution in [0.5, 0.6) is 11.5 Å². The number of imidazole rings is 1. The van der Waals surface area contributed by atoms with Gasteiger partial charge in [0.2, 0.25) is 0 Å². The molecule has 13 aromatic rings. The Balaban J connectivity index is 0.00001000. The van der Waals surface area contributed by atoms with E-state index in [2.05, 4.69) is 111 Å². The van der Waals surface area contributed by atoms with Gasteiger partial charge in [-0.05, 0) is 137 Å². The van der Waals surface area contributed by atoms with Crippen LogP contribution in [-0.4, -0.2) is 14.1 Å². The summed E-state index contributed by atoms with van der Waals surface area (Å²) in [7, 11) is 0. The fraction of sp³-hybridized carbons (Fsp3) is 0.165. The second-order valence-electron chi connectivity index (χ2n) is 24.0. The van der Waals surface area contributed by atoms with Gasteiger partial charge in [0, 0.05) is 54.0 Å². The molecule has 0 radical (unpaired) electrons. The molecule has 5 nitrogen and oxygen atoms in total. The van der Waals surface area contributed by atoms with Crippen LogP contribution in [0.1, 0.15) is 109 Å². The summed E-state index contributed by atoms with van der Waals surface area (Å²) >= 11 is 0. The fourth-order valence-electron chi connectivity index (χ4n) is 10.7. The molecule has 0 saturated heterocycles. The zero-order chi connectivity index (χ0) is 73.6. The monoisotopic (exact) mass is 1300 g/mol. The van der Waals surface area contributed by atoms with Gasteiger partial charge in [0.15, 0.2) is 0 Å². The SMILES string of the molecule is [2H]c1c([2H])c([2H])c(-c2cc(-c3cc(C(C)(C)C)cc(C(C)(C)C)c3)c(-[n+]3[c-]n(-c4[c-]c(Oc5[c-]c6c(cc5)c5ccccc5n6-c5cc(C([2H])([2H])[2H])c(-c6c([2H])c([2H])c([2H])c([2H])c6[2H])cn5)ccc4)c4cc(-c5ccc(C(C)(C)C)cc5)ccc43)c(-c3c([2H])c([2H])c([2H])c([2H])c3[2H])c2)c([2H])c1[2H].[Pt]. The quantitative estimate of drug-likeness (QED) is 0.101. The molecule has 0 spiro atoms. The van der Waals surface area contributed by atoms with Gasteiger partial charge in [-0.3, -0.25) is 4.57 Å². The van der Waals surface area contributed by atoms with E-state index in [1.165, 1.54) is 18.3 Å². The molecule has 6 heteroatoms. The summed E-state index contributed by atoms with van der Waals surface area (Å²) in [6, 6.07) is 39.4. The number of hydrogen-bond donors (Lipinski definition) is 0. The molecule has 3 aromatic heterocycles. The average molecular weight is 1300 g/mol. The van der Waals surface area contributed by atoms with E-state index < -0.39 is 108 Å². The number of ether oxygens (including phenoxy) is 1. The number of rotatable bonds is 10. The third-order valence-corrected chi connectivity index (χ3v) is 15.3. The maximum atomic E-state index is 9.69. The molecule has 0 atom stereocenters. The Morgan fingerprint density at radius 1 is 0.482 bits per heavy atom. The van der Waals surface area contributed by atoms with Crippen LogP contribution in [0.2, 0.25) is 0 Å². The maximum Gasteiger partial charge on any atom is 0.268 e. The molecule has 0 amide bonds. The van der Waals surface area contributed by atoms with Crippen LogP contribution in [0.3, 0.4) is 0 Å². The van der Waals surface area contributed by atoms with Crippen LogP contribution < -0.4 is 9.30 Å². The average Bonchev–Trinajstić information content (AvgIpc) is 1.71. The van der Waals surface area contributed by atoms with Crippen molar-refractivity contribution in [1.29, 1.82) is 0 Å². The number of fused-ring (bicyclic) bond motifs is 4. The smallest absolute Gasteiger partial charge is 0.268 e. The summed E-state index contributed by atoms with van der Waals surface area (Å²) in [6.07, 6.45) is 4.87. The van der Waals surface area contributed by atoms with Gasteiger partial charge >= 0.3 is 0 Å². The Morgan fingerprint density at radius 3 is 1.73 bits per heavy atom. The fourth-order valence-corrected chi connectivity index (χ4v) is 10.7. The van der Waals surface area contributed by atoms with Gasteiger partial charge in [-0.25, -0.2) is 4.98 Å². The van der Waals surface area contributed by atoms with Gasteiger partial charge in [-0.1, -0.05) is 231 Å². The van der Waals surface area contributed by atoms with Gasteiger partial charge < -0.3 is 13.9 Å². The van der Waals surface area contributed by atoms with Crippen molar-refractivity contribution in [3.8, 4) is 84.3 Å². The molecular formula is C79H68N4OPt-2. The first-order valence-electron chi connectivity index (χ1n) is 36.7. The van der Waals surface area contributed by atoms with Gasteiger partial charge in [-0.2, -0.15) is 18.2 Å². The summed E-state index contributed by atoms with van der Waals surface area (Å²) in [6.45, 7) is 16.1. The third kappa shape index (κ3) is 11.0. The van der Waals surface area contributed by atoms with E-state index >= 15 is 0 Å². The standard InChI is InChI=1S/C79H68N4O.Pt/c1-52-41-75(80-50-70(52)56-27-18-13-19-28-56)83-71-32-21-20-31-66(71)67-39-38-65(49-73(67)83)84-64-30-22-29-63(48-64)81-51-82(72-40-35-57(46-74(72)81)54-33-36-60(37-34-54)77(2,3)4)76-68(55-25-16-12-17-26-55)44-58(53-23-14-11-15-24-53)45-69(76)59-42-61(78(5,6)7)47-62(43-59)79(8,9)10;/h11-47,50H,1-10H3;/q-2;/i1D3,11D,12D,13D,14D,15D,16D,17D,18D,19D,23D,24D,25D,26D,27D,28D;. The van der Waals surface area contributed by atoms with E-state index in [0.717, 1.165) is 33.2 Å². The van der Waals surface area contributed by atoms with Crippen molar-refractivity contribution in [2.24, 2.45) is 0 Å². The molecule has 85 heavy (non-hydrogen) atoms. The minimum absolute atomic E-state index is 0. The van der Waals surface area contributed by atoms with Crippen LogP contribution in [0.15, 0.2) is 230 Å². The molecular weight excluding hydrogens is 1220 g/mol. The van der Waals surface area contributed by atoms with E-state index in [1.54, 1.807) is 38.0 Å². The molecule has 0 aliphatic heterocycles. The third-order valence-electron chi connectivity index (χ3n) is 15.3. The summed E-state index contributed by atoms with van der Waals surface area (Å²) in [5, 5.41) is 1.47. The van der Waals surface area contributed by atoms with Gasteiger partial charge in [0.25, 0.3) is 6.33 Å². The first kappa shape index (κ1) is 38.9. The van der Waals surface area contributed by atoms with Gasteiger partial charge in [-0.15, -0.1) is 29.7 Å². The summed E-state index contributed by atoms with van der Waals surface area (Å²) in [4.78, 5) is 4.73. The second-order valence-corrected chi connectivity index (χ2v) is 24.0. The topological polar surface area (TPSA) is 35.9 Å². The van der Waals surface area contributed by atoms with E-state index in [-0.39, 0.29) is 88.4 Å². The van der Waals surface area contributed by atoms with Crippen molar-refractivity contribution < 1.29 is 55.0 Å². The molecule has 10 aromatic carbocycles. The Hall–Kier alpha value is -8.89. The van der Waals surface area contributed by atoms with Crippen molar-refractivity contribution >= 4 is 32.8 Å². The number of aromatic nitrogens is 4. The zero-order valence-corrected chi connectivity index (χ0v) is 50.6. The predicted octanol–water partition coefficient (Wildman–Crippen LogP) is 20.1. The van der Waals surface area contributed by atoms with E-state index in [0.29, 0.717) is 44.3 Å². The Bertz CT molecular complexity index is 5560. The molecule has 13 rings (SSSR count). The number of para-hydroxylation sites is 1. The Labute approximate surface area is 540 Å². The van der Waals surface area contributed by atoms with Crippen LogP contribution in [-0.2, 0) is 37.3 Å². The minimum Gasteiger partial charge on any atom is -0.510 e. The largest absolute Gasteiger partial charge is 0.510 e. The van der Waals surface area contributed by atoms with Crippen molar-refractivity contribution in [2.45, 2.75) is 85.4 Å². The maximum absolute atomic E-state index is 9.69. The van der Waals surface area contributed by atoms with Gasteiger partial charge in [0.1, 0.15) is 5.82 Å². The number of pyridine rings is 1. The first-order chi connectivity index (χ1) is 47.8. The number of hydrogen-bond acceptors (Lipinski definition) is 2. The van der Waals surface area contributed by atoms with Crippen LogP contribution in [0, 0.1) is 25.3 Å². The predicted molar refractivity (Wildman–Crippen MR) is 348 cm³/mol. The number of nitrogens with zero attached hydrogens (tertiary/aromatic N) is 4. The van der Waals surface area contributed by atoms with Crippen LogP contribution in [0.4, 0.5) is 0 Å². The van der Waals surface area contributed by atoms with Crippen molar-refractivity contribution in [3.63, 3.8) is 0 Å². The molecule has 0 N–H and O–H groups in total. The normalized spacial score (nSPS) is 15.2. The second kappa shape index (κ2) is 22.3. The van der Waals surface area contributed by atoms with Gasteiger partial charge in [0.05, 0.1) is 37.3 Å². The molecule has 0 fully saturated rings. The molecule has 3 heterocycles. The molecule has 0 aliphatic carbocycles. The summed E-state index contributed by atoms with van der Waals surface area (Å²) in [5.74, 6) is 0.559.